The smallest absolute Gasteiger partial charge is 0.321 e. The minimum Gasteiger partial charge on any atom is -0.324 e. The van der Waals surface area contributed by atoms with E-state index in [0.717, 1.165) is 23.4 Å². The highest BCUT2D eigenvalue weighted by Crippen LogP contribution is 2.41. The summed E-state index contributed by atoms with van der Waals surface area (Å²) in [6.45, 7) is 4.00. The number of urea groups is 1. The van der Waals surface area contributed by atoms with Crippen LogP contribution in [0.1, 0.15) is 18.4 Å². The molecule has 2 fully saturated rings. The zero-order valence-electron chi connectivity index (χ0n) is 14.9. The predicted molar refractivity (Wildman–Crippen MR) is 102 cm³/mol. The fourth-order valence-corrected chi connectivity index (χ4v) is 4.05. The summed E-state index contributed by atoms with van der Waals surface area (Å²) in [4.78, 5) is 28.9. The van der Waals surface area contributed by atoms with E-state index in [2.05, 4.69) is 5.32 Å². The Bertz CT molecular complexity index is 836. The second-order valence-electron chi connectivity index (χ2n) is 7.46. The van der Waals surface area contributed by atoms with Crippen LogP contribution in [0.2, 0.25) is 0 Å². The highest BCUT2D eigenvalue weighted by Gasteiger charge is 2.48. The number of likely N-dealkylation sites (tertiary alicyclic amines) is 1. The van der Waals surface area contributed by atoms with Gasteiger partial charge in [-0.3, -0.25) is 4.79 Å². The zero-order chi connectivity index (χ0) is 18.1. The summed E-state index contributed by atoms with van der Waals surface area (Å²) < 4.78 is 0. The summed E-state index contributed by atoms with van der Waals surface area (Å²) in [5, 5.41) is 2.97. The Hall–Kier alpha value is -2.82. The third kappa shape index (κ3) is 3.17. The SMILES string of the molecule is Cc1cccc(NC(=O)N2CC[C@@]3(CC(=O)N(c4ccccc4)C3)C2)c1. The molecule has 1 spiro atoms. The van der Waals surface area contributed by atoms with Crippen molar-refractivity contribution in [1.82, 2.24) is 4.90 Å². The van der Waals surface area contributed by atoms with E-state index < -0.39 is 0 Å². The number of hydrogen-bond acceptors (Lipinski definition) is 2. The average Bonchev–Trinajstić information content (AvgIpc) is 3.19. The number of amides is 3. The Balaban J connectivity index is 1.43. The monoisotopic (exact) mass is 349 g/mol. The molecule has 3 amide bonds. The summed E-state index contributed by atoms with van der Waals surface area (Å²) in [6.07, 6.45) is 1.37. The third-order valence-electron chi connectivity index (χ3n) is 5.38. The van der Waals surface area contributed by atoms with Gasteiger partial charge in [-0.15, -0.1) is 0 Å². The van der Waals surface area contributed by atoms with E-state index in [4.69, 9.17) is 0 Å². The quantitative estimate of drug-likeness (QED) is 0.900. The van der Waals surface area contributed by atoms with Gasteiger partial charge in [-0.1, -0.05) is 30.3 Å². The van der Waals surface area contributed by atoms with Gasteiger partial charge in [-0.2, -0.15) is 0 Å². The number of para-hydroxylation sites is 1. The first-order valence-corrected chi connectivity index (χ1v) is 9.03. The summed E-state index contributed by atoms with van der Waals surface area (Å²) in [5.74, 6) is 0.150. The van der Waals surface area contributed by atoms with Gasteiger partial charge >= 0.3 is 6.03 Å². The number of aryl methyl sites for hydroxylation is 1. The first-order valence-electron chi connectivity index (χ1n) is 9.03. The molecule has 2 saturated heterocycles. The van der Waals surface area contributed by atoms with Gasteiger partial charge in [0.1, 0.15) is 0 Å². The van der Waals surface area contributed by atoms with E-state index in [-0.39, 0.29) is 17.4 Å². The first kappa shape index (κ1) is 16.6. The Morgan fingerprint density at radius 3 is 2.65 bits per heavy atom. The van der Waals surface area contributed by atoms with Gasteiger partial charge in [0.05, 0.1) is 0 Å². The number of nitrogens with zero attached hydrogens (tertiary/aromatic N) is 2. The summed E-state index contributed by atoms with van der Waals surface area (Å²) in [7, 11) is 0. The number of rotatable bonds is 2. The largest absolute Gasteiger partial charge is 0.324 e. The number of nitrogens with one attached hydrogen (secondary N) is 1. The van der Waals surface area contributed by atoms with Gasteiger partial charge in [-0.25, -0.2) is 4.79 Å². The van der Waals surface area contributed by atoms with Crippen molar-refractivity contribution >= 4 is 23.3 Å². The zero-order valence-corrected chi connectivity index (χ0v) is 14.9. The molecular formula is C21H23N3O2. The van der Waals surface area contributed by atoms with Crippen LogP contribution in [-0.2, 0) is 4.79 Å². The van der Waals surface area contributed by atoms with Gasteiger partial charge in [0.25, 0.3) is 0 Å². The molecule has 0 saturated carbocycles. The van der Waals surface area contributed by atoms with Crippen molar-refractivity contribution in [3.05, 3.63) is 60.2 Å². The number of carbonyl (C=O) groups excluding carboxylic acids is 2. The van der Waals surface area contributed by atoms with E-state index >= 15 is 0 Å². The second kappa shape index (κ2) is 6.48. The Morgan fingerprint density at radius 1 is 1.08 bits per heavy atom. The van der Waals surface area contributed by atoms with Crippen LogP contribution in [0.25, 0.3) is 0 Å². The molecule has 1 N–H and O–H groups in total. The lowest BCUT2D eigenvalue weighted by molar-refractivity contribution is -0.117. The first-order chi connectivity index (χ1) is 12.5. The normalized spacial score (nSPS) is 22.3. The molecule has 5 nitrogen and oxygen atoms in total. The van der Waals surface area contributed by atoms with Crippen LogP contribution in [0.4, 0.5) is 16.2 Å². The number of carbonyl (C=O) groups is 2. The maximum Gasteiger partial charge on any atom is 0.321 e. The lowest BCUT2D eigenvalue weighted by Crippen LogP contribution is -2.36. The molecule has 0 aromatic heterocycles. The molecule has 0 unspecified atom stereocenters. The molecule has 2 aromatic carbocycles. The standard InChI is InChI=1S/C21H23N3O2/c1-16-6-5-7-17(12-16)22-20(26)23-11-10-21(14-23)13-19(25)24(15-21)18-8-3-2-4-9-18/h2-9,12H,10-11,13-15H2,1H3,(H,22,26)/t21-/m1/s1. The van der Waals surface area contributed by atoms with Crippen LogP contribution in [0.5, 0.6) is 0 Å². The Morgan fingerprint density at radius 2 is 1.88 bits per heavy atom. The lowest BCUT2D eigenvalue weighted by Gasteiger charge is -2.24. The molecule has 1 atom stereocenters. The number of anilines is 2. The molecule has 0 radical (unpaired) electrons. The molecular weight excluding hydrogens is 326 g/mol. The maximum absolute atomic E-state index is 12.6. The molecule has 134 valence electrons. The lowest BCUT2D eigenvalue weighted by atomic mass is 9.86. The van der Waals surface area contributed by atoms with E-state index in [1.807, 2.05) is 71.3 Å². The molecule has 0 bridgehead atoms. The summed E-state index contributed by atoms with van der Waals surface area (Å²) in [5.41, 5.74) is 2.73. The van der Waals surface area contributed by atoms with Gasteiger partial charge < -0.3 is 15.1 Å². The van der Waals surface area contributed by atoms with Crippen molar-refractivity contribution in [2.24, 2.45) is 5.41 Å². The number of benzene rings is 2. The molecule has 2 heterocycles. The van der Waals surface area contributed by atoms with Crippen molar-refractivity contribution in [1.29, 1.82) is 0 Å². The van der Waals surface area contributed by atoms with Crippen LogP contribution in [-0.4, -0.2) is 36.5 Å². The van der Waals surface area contributed by atoms with Crippen molar-refractivity contribution in [3.63, 3.8) is 0 Å². The maximum atomic E-state index is 12.6. The van der Waals surface area contributed by atoms with Crippen molar-refractivity contribution in [2.45, 2.75) is 19.8 Å². The molecule has 26 heavy (non-hydrogen) atoms. The Kier molecular flexibility index (Phi) is 4.15. The third-order valence-corrected chi connectivity index (χ3v) is 5.38. The van der Waals surface area contributed by atoms with E-state index in [0.29, 0.717) is 26.1 Å². The highest BCUT2D eigenvalue weighted by molar-refractivity contribution is 5.97. The van der Waals surface area contributed by atoms with Crippen LogP contribution >= 0.6 is 0 Å². The minimum atomic E-state index is -0.128. The molecule has 2 aliphatic rings. The summed E-state index contributed by atoms with van der Waals surface area (Å²) in [6, 6.07) is 17.5. The topological polar surface area (TPSA) is 52.7 Å². The van der Waals surface area contributed by atoms with Crippen LogP contribution in [0.15, 0.2) is 54.6 Å². The van der Waals surface area contributed by atoms with E-state index in [1.165, 1.54) is 0 Å². The molecule has 2 aromatic rings. The van der Waals surface area contributed by atoms with Gasteiger partial charge in [0.15, 0.2) is 0 Å². The van der Waals surface area contributed by atoms with Gasteiger partial charge in [0, 0.05) is 42.8 Å². The molecule has 4 rings (SSSR count). The predicted octanol–water partition coefficient (Wildman–Crippen LogP) is 3.66. The van der Waals surface area contributed by atoms with E-state index in [1.54, 1.807) is 0 Å². The van der Waals surface area contributed by atoms with Crippen LogP contribution in [0.3, 0.4) is 0 Å². The molecule has 5 heteroatoms. The Labute approximate surface area is 153 Å². The van der Waals surface area contributed by atoms with Crippen LogP contribution < -0.4 is 10.2 Å². The van der Waals surface area contributed by atoms with E-state index in [9.17, 15) is 9.59 Å². The highest BCUT2D eigenvalue weighted by atomic mass is 16.2. The van der Waals surface area contributed by atoms with Crippen LogP contribution in [0, 0.1) is 12.3 Å². The average molecular weight is 349 g/mol. The second-order valence-corrected chi connectivity index (χ2v) is 7.46. The summed E-state index contributed by atoms with van der Waals surface area (Å²) >= 11 is 0. The fraction of sp³-hybridized carbons (Fsp3) is 0.333. The van der Waals surface area contributed by atoms with Gasteiger partial charge in [0.2, 0.25) is 5.91 Å². The van der Waals surface area contributed by atoms with Crippen molar-refractivity contribution in [3.8, 4) is 0 Å². The van der Waals surface area contributed by atoms with Gasteiger partial charge in [-0.05, 0) is 43.2 Å². The minimum absolute atomic E-state index is 0.0851. The fourth-order valence-electron chi connectivity index (χ4n) is 4.05. The van der Waals surface area contributed by atoms with Crippen molar-refractivity contribution < 1.29 is 9.59 Å². The number of hydrogen-bond donors (Lipinski definition) is 1. The van der Waals surface area contributed by atoms with Crippen molar-refractivity contribution in [2.75, 3.05) is 29.9 Å². The molecule has 0 aliphatic carbocycles. The molecule has 2 aliphatic heterocycles.